The molecule has 0 aliphatic rings. The summed E-state index contributed by atoms with van der Waals surface area (Å²) in [6.45, 7) is 2.05. The van der Waals surface area contributed by atoms with Gasteiger partial charge in [0.25, 0.3) is 0 Å². The van der Waals surface area contributed by atoms with Crippen LogP contribution in [0.4, 0.5) is 5.69 Å². The molecule has 3 aromatic rings. The van der Waals surface area contributed by atoms with E-state index in [-0.39, 0.29) is 0 Å². The fraction of sp³-hybridized carbons (Fsp3) is 0.0625. The third-order valence-electron chi connectivity index (χ3n) is 2.91. The standard InChI is InChI=1S/C16H14N4/c1-12-6-8-13(9-7-12)20-18-11-14-10-17-15-4-2-3-5-16(15)19-14/h2-11,20H,1H3/b18-11-. The van der Waals surface area contributed by atoms with Crippen molar-refractivity contribution in [3.05, 3.63) is 66.0 Å². The van der Waals surface area contributed by atoms with Crippen LogP contribution < -0.4 is 5.43 Å². The van der Waals surface area contributed by atoms with Crippen LogP contribution in [-0.4, -0.2) is 16.2 Å². The van der Waals surface area contributed by atoms with Crippen molar-refractivity contribution in [3.63, 3.8) is 0 Å². The van der Waals surface area contributed by atoms with Gasteiger partial charge in [0, 0.05) is 0 Å². The summed E-state index contributed by atoms with van der Waals surface area (Å²) in [6.07, 6.45) is 3.38. The summed E-state index contributed by atoms with van der Waals surface area (Å²) in [4.78, 5) is 8.81. The Morgan fingerprint density at radius 1 is 1.00 bits per heavy atom. The molecule has 0 saturated heterocycles. The van der Waals surface area contributed by atoms with Crippen LogP contribution in [0, 0.1) is 6.92 Å². The molecule has 98 valence electrons. The zero-order chi connectivity index (χ0) is 13.8. The van der Waals surface area contributed by atoms with Gasteiger partial charge in [0.05, 0.1) is 29.1 Å². The Labute approximate surface area is 117 Å². The molecule has 1 N–H and O–H groups in total. The molecular formula is C16H14N4. The van der Waals surface area contributed by atoms with E-state index >= 15 is 0 Å². The van der Waals surface area contributed by atoms with Crippen LogP contribution in [0.15, 0.2) is 59.8 Å². The predicted octanol–water partition coefficient (Wildman–Crippen LogP) is 3.38. The van der Waals surface area contributed by atoms with Crippen molar-refractivity contribution in [2.24, 2.45) is 5.10 Å². The van der Waals surface area contributed by atoms with Gasteiger partial charge in [-0.25, -0.2) is 4.98 Å². The number of fused-ring (bicyclic) bond motifs is 1. The Morgan fingerprint density at radius 2 is 1.75 bits per heavy atom. The normalized spacial score (nSPS) is 11.1. The minimum absolute atomic E-state index is 0.725. The first-order chi connectivity index (χ1) is 9.81. The predicted molar refractivity (Wildman–Crippen MR) is 81.9 cm³/mol. The fourth-order valence-electron chi connectivity index (χ4n) is 1.83. The van der Waals surface area contributed by atoms with Crippen LogP contribution in [0.25, 0.3) is 11.0 Å². The molecule has 2 aromatic carbocycles. The number of aryl methyl sites for hydroxylation is 1. The van der Waals surface area contributed by atoms with Gasteiger partial charge < -0.3 is 0 Å². The first-order valence-corrected chi connectivity index (χ1v) is 6.39. The van der Waals surface area contributed by atoms with Crippen LogP contribution in [-0.2, 0) is 0 Å². The third kappa shape index (κ3) is 2.80. The number of hydrogen-bond donors (Lipinski definition) is 1. The van der Waals surface area contributed by atoms with Gasteiger partial charge in [0.15, 0.2) is 0 Å². The quantitative estimate of drug-likeness (QED) is 0.581. The highest BCUT2D eigenvalue weighted by Crippen LogP contribution is 2.09. The van der Waals surface area contributed by atoms with E-state index in [0.717, 1.165) is 22.4 Å². The Hall–Kier alpha value is -2.75. The van der Waals surface area contributed by atoms with Crippen molar-refractivity contribution < 1.29 is 0 Å². The molecule has 0 amide bonds. The van der Waals surface area contributed by atoms with E-state index in [9.17, 15) is 0 Å². The smallest absolute Gasteiger partial charge is 0.102 e. The largest absolute Gasteiger partial charge is 0.278 e. The lowest BCUT2D eigenvalue weighted by Gasteiger charge is -2.00. The highest BCUT2D eigenvalue weighted by molar-refractivity contribution is 5.82. The Kier molecular flexibility index (Phi) is 3.37. The second kappa shape index (κ2) is 5.48. The van der Waals surface area contributed by atoms with Crippen molar-refractivity contribution >= 4 is 22.9 Å². The number of rotatable bonds is 3. The van der Waals surface area contributed by atoms with Gasteiger partial charge in [-0.15, -0.1) is 0 Å². The minimum atomic E-state index is 0.725. The molecule has 0 saturated carbocycles. The second-order valence-corrected chi connectivity index (χ2v) is 4.52. The lowest BCUT2D eigenvalue weighted by atomic mass is 10.2. The fourth-order valence-corrected chi connectivity index (χ4v) is 1.83. The van der Waals surface area contributed by atoms with Crippen LogP contribution >= 0.6 is 0 Å². The molecule has 0 radical (unpaired) electrons. The number of hydrogen-bond acceptors (Lipinski definition) is 4. The first-order valence-electron chi connectivity index (χ1n) is 6.39. The summed E-state index contributed by atoms with van der Waals surface area (Å²) in [5, 5.41) is 4.17. The van der Waals surface area contributed by atoms with E-state index in [1.165, 1.54) is 5.56 Å². The number of nitrogens with one attached hydrogen (secondary N) is 1. The third-order valence-corrected chi connectivity index (χ3v) is 2.91. The van der Waals surface area contributed by atoms with Crippen LogP contribution in [0.5, 0.6) is 0 Å². The maximum Gasteiger partial charge on any atom is 0.102 e. The van der Waals surface area contributed by atoms with Crippen molar-refractivity contribution in [3.8, 4) is 0 Å². The number of aromatic nitrogens is 2. The number of hydrazone groups is 1. The highest BCUT2D eigenvalue weighted by Gasteiger charge is 1.96. The van der Waals surface area contributed by atoms with Gasteiger partial charge in [-0.3, -0.25) is 10.4 Å². The summed E-state index contributed by atoms with van der Waals surface area (Å²) in [5.41, 5.74) is 7.62. The number of benzene rings is 2. The van der Waals surface area contributed by atoms with E-state index in [4.69, 9.17) is 0 Å². The van der Waals surface area contributed by atoms with Gasteiger partial charge in [0.1, 0.15) is 5.69 Å². The summed E-state index contributed by atoms with van der Waals surface area (Å²) < 4.78 is 0. The maximum atomic E-state index is 4.47. The summed E-state index contributed by atoms with van der Waals surface area (Å²) in [5.74, 6) is 0. The lowest BCUT2D eigenvalue weighted by molar-refractivity contribution is 1.26. The second-order valence-electron chi connectivity index (χ2n) is 4.52. The monoisotopic (exact) mass is 262 g/mol. The molecule has 4 heteroatoms. The summed E-state index contributed by atoms with van der Waals surface area (Å²) in [7, 11) is 0. The van der Waals surface area contributed by atoms with E-state index in [2.05, 4.69) is 27.4 Å². The van der Waals surface area contributed by atoms with Gasteiger partial charge in [0.2, 0.25) is 0 Å². The van der Waals surface area contributed by atoms with Crippen LogP contribution in [0.3, 0.4) is 0 Å². The zero-order valence-corrected chi connectivity index (χ0v) is 11.1. The van der Waals surface area contributed by atoms with Gasteiger partial charge in [-0.2, -0.15) is 5.10 Å². The van der Waals surface area contributed by atoms with Crippen molar-refractivity contribution in [2.45, 2.75) is 6.92 Å². The van der Waals surface area contributed by atoms with E-state index in [1.807, 2.05) is 48.5 Å². The van der Waals surface area contributed by atoms with E-state index < -0.39 is 0 Å². The molecule has 1 aromatic heterocycles. The number of para-hydroxylation sites is 2. The Morgan fingerprint density at radius 3 is 2.55 bits per heavy atom. The molecule has 0 aliphatic carbocycles. The molecule has 0 fully saturated rings. The Balaban J connectivity index is 1.75. The molecule has 3 rings (SSSR count). The first kappa shape index (κ1) is 12.3. The average molecular weight is 262 g/mol. The van der Waals surface area contributed by atoms with Gasteiger partial charge in [-0.05, 0) is 31.2 Å². The molecule has 0 spiro atoms. The molecule has 1 heterocycles. The van der Waals surface area contributed by atoms with E-state index in [1.54, 1.807) is 12.4 Å². The molecule has 20 heavy (non-hydrogen) atoms. The number of nitrogens with zero attached hydrogens (tertiary/aromatic N) is 3. The topological polar surface area (TPSA) is 50.2 Å². The van der Waals surface area contributed by atoms with E-state index in [0.29, 0.717) is 0 Å². The minimum Gasteiger partial charge on any atom is -0.278 e. The highest BCUT2D eigenvalue weighted by atomic mass is 15.3. The number of anilines is 1. The molecule has 0 atom stereocenters. The van der Waals surface area contributed by atoms with Crippen molar-refractivity contribution in [2.75, 3.05) is 5.43 Å². The zero-order valence-electron chi connectivity index (χ0n) is 11.1. The van der Waals surface area contributed by atoms with Gasteiger partial charge in [-0.1, -0.05) is 29.8 Å². The van der Waals surface area contributed by atoms with Crippen LogP contribution in [0.1, 0.15) is 11.3 Å². The van der Waals surface area contributed by atoms with Crippen molar-refractivity contribution in [1.29, 1.82) is 0 Å². The SMILES string of the molecule is Cc1ccc(N/N=C\c2cnc3ccccc3n2)cc1. The Bertz CT molecular complexity index is 748. The maximum absolute atomic E-state index is 4.47. The van der Waals surface area contributed by atoms with Crippen molar-refractivity contribution in [1.82, 2.24) is 9.97 Å². The van der Waals surface area contributed by atoms with Gasteiger partial charge >= 0.3 is 0 Å². The molecule has 0 bridgehead atoms. The molecule has 0 aliphatic heterocycles. The molecule has 4 nitrogen and oxygen atoms in total. The molecular weight excluding hydrogens is 248 g/mol. The summed E-state index contributed by atoms with van der Waals surface area (Å²) in [6, 6.07) is 15.8. The lowest BCUT2D eigenvalue weighted by Crippen LogP contribution is -1.94. The average Bonchev–Trinajstić information content (AvgIpc) is 2.49. The summed E-state index contributed by atoms with van der Waals surface area (Å²) >= 11 is 0. The molecule has 0 unspecified atom stereocenters. The van der Waals surface area contributed by atoms with Crippen LogP contribution in [0.2, 0.25) is 0 Å².